The molecule has 0 atom stereocenters. The zero-order valence-electron chi connectivity index (χ0n) is 11.8. The first-order chi connectivity index (χ1) is 10.3. The van der Waals surface area contributed by atoms with Gasteiger partial charge in [0, 0.05) is 24.0 Å². The number of rotatable bonds is 6. The minimum atomic E-state index is 0.707. The Labute approximate surface area is 129 Å². The van der Waals surface area contributed by atoms with Crippen LogP contribution in [0.3, 0.4) is 0 Å². The Morgan fingerprint density at radius 1 is 1.14 bits per heavy atom. The van der Waals surface area contributed by atoms with Gasteiger partial charge < -0.3 is 9.72 Å². The molecule has 4 heteroatoms. The number of hydrogen-bond donors (Lipinski definition) is 1. The number of aromatic nitrogens is 2. The fourth-order valence-corrected chi connectivity index (χ4v) is 2.51. The van der Waals surface area contributed by atoms with Gasteiger partial charge in [-0.3, -0.25) is 0 Å². The highest BCUT2D eigenvalue weighted by atomic mass is 35.5. The van der Waals surface area contributed by atoms with Crippen molar-refractivity contribution in [1.29, 1.82) is 0 Å². The SMILES string of the molecule is ClCCCc1cccc(NCc2cn3ccccc3n2)c1. The van der Waals surface area contributed by atoms with Crippen molar-refractivity contribution in [2.45, 2.75) is 19.4 Å². The second-order valence-corrected chi connectivity index (χ2v) is 5.42. The Morgan fingerprint density at radius 3 is 2.95 bits per heavy atom. The van der Waals surface area contributed by atoms with Gasteiger partial charge in [0.25, 0.3) is 0 Å². The van der Waals surface area contributed by atoms with Gasteiger partial charge in [0.05, 0.1) is 12.2 Å². The third kappa shape index (κ3) is 3.56. The average Bonchev–Trinajstić information content (AvgIpc) is 2.94. The number of fused-ring (bicyclic) bond motifs is 1. The Hall–Kier alpha value is -2.00. The van der Waals surface area contributed by atoms with E-state index in [-0.39, 0.29) is 0 Å². The molecule has 108 valence electrons. The molecule has 3 aromatic rings. The van der Waals surface area contributed by atoms with Crippen LogP contribution in [0.2, 0.25) is 0 Å². The lowest BCUT2D eigenvalue weighted by molar-refractivity contribution is 0.928. The fraction of sp³-hybridized carbons (Fsp3) is 0.235. The van der Waals surface area contributed by atoms with Crippen LogP contribution in [-0.4, -0.2) is 15.3 Å². The summed E-state index contributed by atoms with van der Waals surface area (Å²) in [6.45, 7) is 0.723. The second-order valence-electron chi connectivity index (χ2n) is 5.04. The maximum atomic E-state index is 5.74. The van der Waals surface area contributed by atoms with Gasteiger partial charge in [0.2, 0.25) is 0 Å². The van der Waals surface area contributed by atoms with E-state index in [1.807, 2.05) is 28.8 Å². The first kappa shape index (κ1) is 14.0. The molecule has 0 unspecified atom stereocenters. The van der Waals surface area contributed by atoms with Crippen LogP contribution in [0, 0.1) is 0 Å². The number of pyridine rings is 1. The number of benzene rings is 1. The summed E-state index contributed by atoms with van der Waals surface area (Å²) >= 11 is 5.74. The van der Waals surface area contributed by atoms with Crippen molar-refractivity contribution in [2.24, 2.45) is 0 Å². The number of hydrogen-bond acceptors (Lipinski definition) is 2. The zero-order valence-corrected chi connectivity index (χ0v) is 12.6. The third-order valence-corrected chi connectivity index (χ3v) is 3.68. The molecule has 0 saturated heterocycles. The van der Waals surface area contributed by atoms with Crippen molar-refractivity contribution in [3.63, 3.8) is 0 Å². The lowest BCUT2D eigenvalue weighted by Crippen LogP contribution is -2.00. The van der Waals surface area contributed by atoms with Crippen molar-refractivity contribution in [3.05, 3.63) is 66.1 Å². The molecule has 1 N–H and O–H groups in total. The molecular formula is C17H18ClN3. The predicted octanol–water partition coefficient (Wildman–Crippen LogP) is 4.12. The van der Waals surface area contributed by atoms with Crippen LogP contribution >= 0.6 is 11.6 Å². The van der Waals surface area contributed by atoms with Gasteiger partial charge in [-0.1, -0.05) is 18.2 Å². The van der Waals surface area contributed by atoms with Crippen LogP contribution in [0.4, 0.5) is 5.69 Å². The Morgan fingerprint density at radius 2 is 2.10 bits per heavy atom. The maximum absolute atomic E-state index is 5.74. The van der Waals surface area contributed by atoms with Crippen molar-refractivity contribution < 1.29 is 0 Å². The minimum absolute atomic E-state index is 0.707. The fourth-order valence-electron chi connectivity index (χ4n) is 2.37. The van der Waals surface area contributed by atoms with Crippen LogP contribution in [0.1, 0.15) is 17.7 Å². The van der Waals surface area contributed by atoms with E-state index in [4.69, 9.17) is 11.6 Å². The molecule has 0 saturated carbocycles. The largest absolute Gasteiger partial charge is 0.379 e. The Kier molecular flexibility index (Phi) is 4.41. The molecule has 0 aliphatic heterocycles. The summed E-state index contributed by atoms with van der Waals surface area (Å²) in [6, 6.07) is 14.5. The zero-order chi connectivity index (χ0) is 14.5. The van der Waals surface area contributed by atoms with E-state index in [0.29, 0.717) is 5.88 Å². The molecule has 0 spiro atoms. The second kappa shape index (κ2) is 6.64. The van der Waals surface area contributed by atoms with Gasteiger partial charge in [-0.15, -0.1) is 11.6 Å². The summed E-state index contributed by atoms with van der Waals surface area (Å²) < 4.78 is 2.04. The number of aryl methyl sites for hydroxylation is 1. The summed E-state index contributed by atoms with van der Waals surface area (Å²) in [6.07, 6.45) is 6.10. The first-order valence-corrected chi connectivity index (χ1v) is 7.70. The van der Waals surface area contributed by atoms with E-state index in [0.717, 1.165) is 36.4 Å². The van der Waals surface area contributed by atoms with Crippen LogP contribution in [0.15, 0.2) is 54.9 Å². The minimum Gasteiger partial charge on any atom is -0.379 e. The molecule has 0 bridgehead atoms. The molecule has 0 aliphatic carbocycles. The highest BCUT2D eigenvalue weighted by Crippen LogP contribution is 2.14. The number of imidazole rings is 1. The van der Waals surface area contributed by atoms with Gasteiger partial charge >= 0.3 is 0 Å². The molecule has 2 heterocycles. The van der Waals surface area contributed by atoms with Crippen molar-refractivity contribution in [3.8, 4) is 0 Å². The predicted molar refractivity (Wildman–Crippen MR) is 88.0 cm³/mol. The third-order valence-electron chi connectivity index (χ3n) is 3.41. The van der Waals surface area contributed by atoms with Crippen LogP contribution in [0.5, 0.6) is 0 Å². The molecule has 0 aliphatic rings. The molecule has 0 radical (unpaired) electrons. The van der Waals surface area contributed by atoms with Gasteiger partial charge in [-0.25, -0.2) is 4.98 Å². The Balaban J connectivity index is 1.66. The van der Waals surface area contributed by atoms with E-state index in [2.05, 4.69) is 40.8 Å². The van der Waals surface area contributed by atoms with Crippen molar-refractivity contribution >= 4 is 22.9 Å². The molecule has 0 fully saturated rings. The average molecular weight is 300 g/mol. The van der Waals surface area contributed by atoms with Crippen LogP contribution in [0.25, 0.3) is 5.65 Å². The van der Waals surface area contributed by atoms with E-state index < -0.39 is 0 Å². The highest BCUT2D eigenvalue weighted by Gasteiger charge is 2.01. The summed E-state index contributed by atoms with van der Waals surface area (Å²) in [5.74, 6) is 0.707. The summed E-state index contributed by atoms with van der Waals surface area (Å²) in [7, 11) is 0. The van der Waals surface area contributed by atoms with E-state index in [1.165, 1.54) is 5.56 Å². The normalized spacial score (nSPS) is 10.9. The highest BCUT2D eigenvalue weighted by molar-refractivity contribution is 6.17. The standard InChI is InChI=1S/C17H18ClN3/c18-9-4-6-14-5-3-7-15(11-14)19-12-16-13-21-10-2-1-8-17(21)20-16/h1-3,5,7-8,10-11,13,19H,4,6,9,12H2. The number of nitrogens with zero attached hydrogens (tertiary/aromatic N) is 2. The van der Waals surface area contributed by atoms with Gasteiger partial charge in [-0.05, 0) is 42.7 Å². The van der Waals surface area contributed by atoms with E-state index in [1.54, 1.807) is 0 Å². The topological polar surface area (TPSA) is 29.3 Å². The molecule has 1 aromatic carbocycles. The van der Waals surface area contributed by atoms with Crippen molar-refractivity contribution in [1.82, 2.24) is 9.38 Å². The van der Waals surface area contributed by atoms with Crippen LogP contribution in [-0.2, 0) is 13.0 Å². The van der Waals surface area contributed by atoms with Gasteiger partial charge in [0.15, 0.2) is 0 Å². The molecule has 3 rings (SSSR count). The number of anilines is 1. The lowest BCUT2D eigenvalue weighted by Gasteiger charge is -2.06. The quantitative estimate of drug-likeness (QED) is 0.694. The smallest absolute Gasteiger partial charge is 0.137 e. The van der Waals surface area contributed by atoms with E-state index >= 15 is 0 Å². The molecule has 3 nitrogen and oxygen atoms in total. The summed E-state index contributed by atoms with van der Waals surface area (Å²) in [5.41, 5.74) is 4.45. The van der Waals surface area contributed by atoms with Gasteiger partial charge in [0.1, 0.15) is 5.65 Å². The molecule has 0 amide bonds. The lowest BCUT2D eigenvalue weighted by atomic mass is 10.1. The number of halogens is 1. The molecule has 2 aromatic heterocycles. The van der Waals surface area contributed by atoms with Crippen molar-refractivity contribution in [2.75, 3.05) is 11.2 Å². The number of alkyl halides is 1. The molecule has 21 heavy (non-hydrogen) atoms. The maximum Gasteiger partial charge on any atom is 0.137 e. The first-order valence-electron chi connectivity index (χ1n) is 7.16. The van der Waals surface area contributed by atoms with Gasteiger partial charge in [-0.2, -0.15) is 0 Å². The number of nitrogens with one attached hydrogen (secondary N) is 1. The monoisotopic (exact) mass is 299 g/mol. The summed E-state index contributed by atoms with van der Waals surface area (Å²) in [4.78, 5) is 4.58. The van der Waals surface area contributed by atoms with Crippen LogP contribution < -0.4 is 5.32 Å². The summed E-state index contributed by atoms with van der Waals surface area (Å²) in [5, 5.41) is 3.43. The van der Waals surface area contributed by atoms with E-state index in [9.17, 15) is 0 Å². The molecular weight excluding hydrogens is 282 g/mol. The Bertz CT molecular complexity index is 688.